The molecule has 2 saturated heterocycles. The molecule has 1 aromatic rings. The largest absolute Gasteiger partial charge is 0.327 e. The molecule has 3 amide bonds. The average Bonchev–Trinajstić information content (AvgIpc) is 2.87. The molecule has 0 saturated carbocycles. The molecule has 26 heavy (non-hydrogen) atoms. The van der Waals surface area contributed by atoms with Crippen LogP contribution in [0.15, 0.2) is 30.3 Å². The monoisotopic (exact) mass is 357 g/mol. The summed E-state index contributed by atoms with van der Waals surface area (Å²) in [6.07, 6.45) is 3.38. The van der Waals surface area contributed by atoms with Crippen LogP contribution in [0, 0.1) is 0 Å². The molecule has 0 radical (unpaired) electrons. The minimum atomic E-state index is -0.633. The standard InChI is InChI=1S/C21H31N3O2/c1-4-17(3)22-15-12-21(13-16-22)19(25)23(5-2)20(26)24(21)14-11-18-9-7-6-8-10-18/h6-10,17H,4-5,11-16H2,1-3H3. The van der Waals surface area contributed by atoms with Crippen molar-refractivity contribution in [2.24, 2.45) is 0 Å². The number of likely N-dealkylation sites (tertiary alicyclic amines) is 1. The first-order valence-corrected chi connectivity index (χ1v) is 9.95. The van der Waals surface area contributed by atoms with Crippen LogP contribution in [0.5, 0.6) is 0 Å². The van der Waals surface area contributed by atoms with Crippen LogP contribution in [0.25, 0.3) is 0 Å². The summed E-state index contributed by atoms with van der Waals surface area (Å²) >= 11 is 0. The predicted molar refractivity (Wildman–Crippen MR) is 103 cm³/mol. The van der Waals surface area contributed by atoms with Crippen LogP contribution < -0.4 is 0 Å². The summed E-state index contributed by atoms with van der Waals surface area (Å²) in [5.74, 6) is 0.0156. The lowest BCUT2D eigenvalue weighted by Gasteiger charge is -2.44. The van der Waals surface area contributed by atoms with Crippen molar-refractivity contribution in [2.45, 2.75) is 58.0 Å². The molecule has 1 unspecified atom stereocenters. The third-order valence-corrected chi connectivity index (χ3v) is 6.24. The number of hydrogen-bond donors (Lipinski definition) is 0. The summed E-state index contributed by atoms with van der Waals surface area (Å²) in [4.78, 5) is 31.8. The molecular weight excluding hydrogens is 326 g/mol. The van der Waals surface area contributed by atoms with Gasteiger partial charge in [0.2, 0.25) is 0 Å². The second kappa shape index (κ2) is 7.78. The molecule has 2 aliphatic heterocycles. The zero-order valence-electron chi connectivity index (χ0n) is 16.3. The summed E-state index contributed by atoms with van der Waals surface area (Å²) < 4.78 is 0. The van der Waals surface area contributed by atoms with Crippen LogP contribution in [-0.4, -0.2) is 64.4 Å². The third-order valence-electron chi connectivity index (χ3n) is 6.24. The smallest absolute Gasteiger partial charge is 0.309 e. The van der Waals surface area contributed by atoms with Crippen molar-refractivity contribution in [1.82, 2.24) is 14.7 Å². The Hall–Kier alpha value is -1.88. The number of carbonyl (C=O) groups excluding carboxylic acids is 2. The van der Waals surface area contributed by atoms with Gasteiger partial charge in [0, 0.05) is 32.2 Å². The van der Waals surface area contributed by atoms with Crippen LogP contribution in [0.1, 0.15) is 45.6 Å². The van der Waals surface area contributed by atoms with E-state index in [1.807, 2.05) is 30.0 Å². The molecule has 2 aliphatic rings. The lowest BCUT2D eigenvalue weighted by molar-refractivity contribution is -0.135. The van der Waals surface area contributed by atoms with Crippen LogP contribution in [0.2, 0.25) is 0 Å². The van der Waals surface area contributed by atoms with Crippen molar-refractivity contribution in [3.05, 3.63) is 35.9 Å². The van der Waals surface area contributed by atoms with E-state index in [1.54, 1.807) is 0 Å². The molecule has 3 rings (SSSR count). The van der Waals surface area contributed by atoms with Crippen molar-refractivity contribution >= 4 is 11.9 Å². The van der Waals surface area contributed by atoms with E-state index in [0.717, 1.165) is 38.8 Å². The maximum Gasteiger partial charge on any atom is 0.327 e. The van der Waals surface area contributed by atoms with Crippen LogP contribution in [0.4, 0.5) is 4.79 Å². The van der Waals surface area contributed by atoms with E-state index in [-0.39, 0.29) is 11.9 Å². The van der Waals surface area contributed by atoms with Crippen LogP contribution in [0.3, 0.4) is 0 Å². The number of piperidine rings is 1. The normalized spacial score (nSPS) is 21.7. The number of amides is 3. The van der Waals surface area contributed by atoms with Gasteiger partial charge in [-0.1, -0.05) is 37.3 Å². The molecule has 142 valence electrons. The quantitative estimate of drug-likeness (QED) is 0.735. The number of benzene rings is 1. The Morgan fingerprint density at radius 3 is 2.31 bits per heavy atom. The molecule has 1 aromatic carbocycles. The van der Waals surface area contributed by atoms with E-state index in [4.69, 9.17) is 0 Å². The van der Waals surface area contributed by atoms with Gasteiger partial charge in [-0.3, -0.25) is 9.69 Å². The highest BCUT2D eigenvalue weighted by atomic mass is 16.2. The number of imide groups is 1. The molecule has 2 heterocycles. The molecule has 0 bridgehead atoms. The number of hydrogen-bond acceptors (Lipinski definition) is 3. The maximum absolute atomic E-state index is 13.1. The zero-order chi connectivity index (χ0) is 18.7. The van der Waals surface area contributed by atoms with Crippen molar-refractivity contribution in [3.8, 4) is 0 Å². The van der Waals surface area contributed by atoms with E-state index in [1.165, 1.54) is 10.5 Å². The van der Waals surface area contributed by atoms with E-state index < -0.39 is 5.54 Å². The number of rotatable bonds is 6. The molecule has 0 aromatic heterocycles. The number of carbonyl (C=O) groups is 2. The van der Waals surface area contributed by atoms with Crippen molar-refractivity contribution in [2.75, 3.05) is 26.2 Å². The number of urea groups is 1. The fourth-order valence-corrected chi connectivity index (χ4v) is 4.33. The van der Waals surface area contributed by atoms with Gasteiger partial charge in [0.05, 0.1) is 0 Å². The number of nitrogens with zero attached hydrogens (tertiary/aromatic N) is 3. The third kappa shape index (κ3) is 3.25. The second-order valence-electron chi connectivity index (χ2n) is 7.54. The summed E-state index contributed by atoms with van der Waals surface area (Å²) in [5.41, 5.74) is 0.571. The minimum absolute atomic E-state index is 0.0156. The molecule has 5 heteroatoms. The first-order valence-electron chi connectivity index (χ1n) is 9.95. The lowest BCUT2D eigenvalue weighted by Crippen LogP contribution is -2.58. The maximum atomic E-state index is 13.1. The Morgan fingerprint density at radius 2 is 1.73 bits per heavy atom. The van der Waals surface area contributed by atoms with Crippen molar-refractivity contribution < 1.29 is 9.59 Å². The number of likely N-dealkylation sites (N-methyl/N-ethyl adjacent to an activating group) is 1. The van der Waals surface area contributed by atoms with Gasteiger partial charge in [-0.05, 0) is 45.1 Å². The van der Waals surface area contributed by atoms with Gasteiger partial charge in [-0.15, -0.1) is 0 Å². The first-order chi connectivity index (χ1) is 12.5. The molecule has 0 aliphatic carbocycles. The van der Waals surface area contributed by atoms with Gasteiger partial charge < -0.3 is 9.80 Å². The van der Waals surface area contributed by atoms with Gasteiger partial charge in [0.15, 0.2) is 0 Å². The Morgan fingerprint density at radius 1 is 1.08 bits per heavy atom. The predicted octanol–water partition coefficient (Wildman–Crippen LogP) is 3.15. The Bertz CT molecular complexity index is 638. The van der Waals surface area contributed by atoms with Crippen LogP contribution >= 0.6 is 0 Å². The molecular formula is C21H31N3O2. The van der Waals surface area contributed by atoms with Gasteiger partial charge in [0.25, 0.3) is 5.91 Å². The highest BCUT2D eigenvalue weighted by molar-refractivity contribution is 6.07. The van der Waals surface area contributed by atoms with E-state index in [2.05, 4.69) is 30.9 Å². The second-order valence-corrected chi connectivity index (χ2v) is 7.54. The SMILES string of the molecule is CCC(C)N1CCC2(CC1)C(=O)N(CC)C(=O)N2CCc1ccccc1. The Kier molecular flexibility index (Phi) is 5.66. The molecule has 1 spiro atoms. The zero-order valence-corrected chi connectivity index (χ0v) is 16.3. The summed E-state index contributed by atoms with van der Waals surface area (Å²) in [7, 11) is 0. The van der Waals surface area contributed by atoms with Crippen molar-refractivity contribution in [1.29, 1.82) is 0 Å². The molecule has 1 atom stereocenters. The Balaban J connectivity index is 1.78. The highest BCUT2D eigenvalue weighted by Gasteiger charge is 2.57. The summed E-state index contributed by atoms with van der Waals surface area (Å²) in [6, 6.07) is 10.6. The van der Waals surface area contributed by atoms with Crippen LogP contribution in [-0.2, 0) is 11.2 Å². The van der Waals surface area contributed by atoms with Crippen molar-refractivity contribution in [3.63, 3.8) is 0 Å². The summed E-state index contributed by atoms with van der Waals surface area (Å²) in [5, 5.41) is 0. The minimum Gasteiger partial charge on any atom is -0.309 e. The Labute approximate surface area is 156 Å². The van der Waals surface area contributed by atoms with E-state index in [9.17, 15) is 9.59 Å². The van der Waals surface area contributed by atoms with Gasteiger partial charge >= 0.3 is 6.03 Å². The lowest BCUT2D eigenvalue weighted by atomic mass is 9.85. The fraction of sp³-hybridized carbons (Fsp3) is 0.619. The molecule has 0 N–H and O–H groups in total. The molecule has 5 nitrogen and oxygen atoms in total. The topological polar surface area (TPSA) is 43.9 Å². The van der Waals surface area contributed by atoms with Gasteiger partial charge in [-0.2, -0.15) is 0 Å². The highest BCUT2D eigenvalue weighted by Crippen LogP contribution is 2.37. The van der Waals surface area contributed by atoms with Gasteiger partial charge in [0.1, 0.15) is 5.54 Å². The fourth-order valence-electron chi connectivity index (χ4n) is 4.33. The average molecular weight is 357 g/mol. The van der Waals surface area contributed by atoms with Gasteiger partial charge in [-0.25, -0.2) is 4.79 Å². The van der Waals surface area contributed by atoms with E-state index in [0.29, 0.717) is 19.1 Å². The first kappa shape index (κ1) is 18.9. The summed E-state index contributed by atoms with van der Waals surface area (Å²) in [6.45, 7) is 9.15. The van der Waals surface area contributed by atoms with E-state index >= 15 is 0 Å². The molecule has 2 fully saturated rings.